The van der Waals surface area contributed by atoms with Crippen LogP contribution in [0.5, 0.6) is 0 Å². The van der Waals surface area contributed by atoms with Gasteiger partial charge >= 0.3 is 0 Å². The molecule has 5 nitrogen and oxygen atoms in total. The second kappa shape index (κ2) is 10.8. The highest BCUT2D eigenvalue weighted by Crippen LogP contribution is 2.45. The first-order chi connectivity index (χ1) is 14.2. The van der Waals surface area contributed by atoms with Crippen LogP contribution in [0.1, 0.15) is 74.2 Å². The van der Waals surface area contributed by atoms with E-state index in [1.165, 1.54) is 38.5 Å². The molecule has 0 aromatic heterocycles. The summed E-state index contributed by atoms with van der Waals surface area (Å²) < 4.78 is 0. The molecule has 2 saturated heterocycles. The maximum Gasteiger partial charge on any atom is 0.253 e. The number of nitrogens with one attached hydrogen (secondary N) is 1. The van der Waals surface area contributed by atoms with E-state index in [4.69, 9.17) is 4.99 Å². The molecule has 0 atom stereocenters. The van der Waals surface area contributed by atoms with E-state index in [0.29, 0.717) is 12.0 Å². The summed E-state index contributed by atoms with van der Waals surface area (Å²) in [6.45, 7) is 7.76. The summed E-state index contributed by atoms with van der Waals surface area (Å²) in [6, 6.07) is 8.07. The van der Waals surface area contributed by atoms with E-state index in [1.54, 1.807) is 0 Å². The number of rotatable bonds is 4. The summed E-state index contributed by atoms with van der Waals surface area (Å²) in [5.41, 5.74) is 2.51. The summed E-state index contributed by atoms with van der Waals surface area (Å²) in [7, 11) is 0. The van der Waals surface area contributed by atoms with Gasteiger partial charge in [0.05, 0.1) is 6.54 Å². The van der Waals surface area contributed by atoms with Gasteiger partial charge in [-0.15, -0.1) is 24.0 Å². The zero-order valence-corrected chi connectivity index (χ0v) is 20.7. The largest absolute Gasteiger partial charge is 0.357 e. The van der Waals surface area contributed by atoms with Gasteiger partial charge in [0.1, 0.15) is 0 Å². The van der Waals surface area contributed by atoms with Crippen molar-refractivity contribution < 1.29 is 4.79 Å². The minimum atomic E-state index is 0. The highest BCUT2D eigenvalue weighted by Gasteiger charge is 2.41. The van der Waals surface area contributed by atoms with Crippen molar-refractivity contribution in [3.8, 4) is 0 Å². The molecule has 30 heavy (non-hydrogen) atoms. The Morgan fingerprint density at radius 2 is 1.67 bits per heavy atom. The Kier molecular flexibility index (Phi) is 8.43. The highest BCUT2D eigenvalue weighted by atomic mass is 127. The lowest BCUT2D eigenvalue weighted by atomic mass is 9.86. The van der Waals surface area contributed by atoms with Crippen molar-refractivity contribution in [2.24, 2.45) is 10.4 Å². The lowest BCUT2D eigenvalue weighted by Gasteiger charge is -2.26. The van der Waals surface area contributed by atoms with E-state index in [2.05, 4.69) is 29.3 Å². The Balaban J connectivity index is 0.00000256. The number of amides is 1. The van der Waals surface area contributed by atoms with Crippen molar-refractivity contribution in [1.82, 2.24) is 15.1 Å². The minimum Gasteiger partial charge on any atom is -0.357 e. The van der Waals surface area contributed by atoms with Crippen molar-refractivity contribution in [3.63, 3.8) is 0 Å². The van der Waals surface area contributed by atoms with Crippen LogP contribution in [0.25, 0.3) is 0 Å². The third-order valence-electron chi connectivity index (χ3n) is 6.99. The fourth-order valence-electron chi connectivity index (χ4n) is 5.27. The standard InChI is InChI=1S/C24H36N4O.HI/c1-2-25-23(28-17-14-24(19-28)12-4-5-13-24)26-18-20-8-10-21(11-9-20)22(29)27-15-6-3-7-16-27;/h8-11H,2-7,12-19H2,1H3,(H,25,26);1H. The molecule has 0 unspecified atom stereocenters. The molecule has 166 valence electrons. The van der Waals surface area contributed by atoms with Gasteiger partial charge in [-0.05, 0) is 68.6 Å². The molecule has 1 saturated carbocycles. The number of carbonyl (C=O) groups is 1. The van der Waals surface area contributed by atoms with Crippen LogP contribution in [0.2, 0.25) is 0 Å². The lowest BCUT2D eigenvalue weighted by molar-refractivity contribution is 0.0724. The number of hydrogen-bond acceptors (Lipinski definition) is 2. The molecular formula is C24H37IN4O. The second-order valence-electron chi connectivity index (χ2n) is 9.10. The normalized spacial score (nSPS) is 21.0. The number of benzene rings is 1. The molecule has 1 aromatic carbocycles. The monoisotopic (exact) mass is 524 g/mol. The third kappa shape index (κ3) is 5.48. The Hall–Kier alpha value is -1.31. The quantitative estimate of drug-likeness (QED) is 0.354. The Morgan fingerprint density at radius 3 is 2.33 bits per heavy atom. The second-order valence-corrected chi connectivity index (χ2v) is 9.10. The van der Waals surface area contributed by atoms with Gasteiger partial charge in [-0.3, -0.25) is 4.79 Å². The van der Waals surface area contributed by atoms with Crippen molar-refractivity contribution in [3.05, 3.63) is 35.4 Å². The molecule has 2 aliphatic heterocycles. The Labute approximate surface area is 198 Å². The fraction of sp³-hybridized carbons (Fsp3) is 0.667. The predicted molar refractivity (Wildman–Crippen MR) is 134 cm³/mol. The molecule has 0 radical (unpaired) electrons. The fourth-order valence-corrected chi connectivity index (χ4v) is 5.27. The molecule has 1 aliphatic carbocycles. The SMILES string of the molecule is CCNC(=NCc1ccc(C(=O)N2CCCCC2)cc1)N1CCC2(CCCC2)C1.I. The van der Waals surface area contributed by atoms with Crippen LogP contribution in [-0.4, -0.2) is 54.4 Å². The molecule has 1 spiro atoms. The van der Waals surface area contributed by atoms with E-state index in [1.807, 2.05) is 17.0 Å². The van der Waals surface area contributed by atoms with Gasteiger partial charge in [0.15, 0.2) is 5.96 Å². The van der Waals surface area contributed by atoms with Gasteiger partial charge < -0.3 is 15.1 Å². The number of piperidine rings is 1. The summed E-state index contributed by atoms with van der Waals surface area (Å²) in [4.78, 5) is 22.0. The summed E-state index contributed by atoms with van der Waals surface area (Å²) in [6.07, 6.45) is 10.4. The Morgan fingerprint density at radius 1 is 0.967 bits per heavy atom. The van der Waals surface area contributed by atoms with Crippen LogP contribution in [0.15, 0.2) is 29.3 Å². The van der Waals surface area contributed by atoms with Crippen LogP contribution < -0.4 is 5.32 Å². The van der Waals surface area contributed by atoms with Crippen molar-refractivity contribution >= 4 is 35.8 Å². The first kappa shape index (κ1) is 23.4. The summed E-state index contributed by atoms with van der Waals surface area (Å²) >= 11 is 0. The highest BCUT2D eigenvalue weighted by molar-refractivity contribution is 14.0. The van der Waals surface area contributed by atoms with Crippen molar-refractivity contribution in [2.45, 2.75) is 64.8 Å². The molecule has 2 heterocycles. The number of guanidine groups is 1. The van der Waals surface area contributed by atoms with Gasteiger partial charge in [0.25, 0.3) is 5.91 Å². The van der Waals surface area contributed by atoms with Crippen LogP contribution in [0, 0.1) is 5.41 Å². The number of halogens is 1. The first-order valence-corrected chi connectivity index (χ1v) is 11.6. The summed E-state index contributed by atoms with van der Waals surface area (Å²) in [5.74, 6) is 1.22. The smallest absolute Gasteiger partial charge is 0.253 e. The minimum absolute atomic E-state index is 0. The van der Waals surface area contributed by atoms with Gasteiger partial charge in [-0.25, -0.2) is 4.99 Å². The van der Waals surface area contributed by atoms with Crippen LogP contribution in [0.3, 0.4) is 0 Å². The third-order valence-corrected chi connectivity index (χ3v) is 6.99. The molecule has 1 aromatic rings. The molecule has 3 fully saturated rings. The molecule has 1 amide bonds. The number of hydrogen-bond donors (Lipinski definition) is 1. The number of aliphatic imine (C=N–C) groups is 1. The maximum absolute atomic E-state index is 12.6. The van der Waals surface area contributed by atoms with E-state index in [0.717, 1.165) is 62.7 Å². The van der Waals surface area contributed by atoms with Crippen LogP contribution in [0.4, 0.5) is 0 Å². The molecular weight excluding hydrogens is 487 g/mol. The van der Waals surface area contributed by atoms with Gasteiger partial charge in [0.2, 0.25) is 0 Å². The number of carbonyl (C=O) groups excluding carboxylic acids is 1. The van der Waals surface area contributed by atoms with Crippen molar-refractivity contribution in [2.75, 3.05) is 32.7 Å². The predicted octanol–water partition coefficient (Wildman–Crippen LogP) is 4.66. The molecule has 0 bridgehead atoms. The number of nitrogens with zero attached hydrogens (tertiary/aromatic N) is 3. The zero-order valence-electron chi connectivity index (χ0n) is 18.4. The van der Waals surface area contributed by atoms with Crippen molar-refractivity contribution in [1.29, 1.82) is 0 Å². The van der Waals surface area contributed by atoms with E-state index >= 15 is 0 Å². The average molecular weight is 524 g/mol. The van der Waals surface area contributed by atoms with Crippen LogP contribution in [-0.2, 0) is 6.54 Å². The molecule has 3 aliphatic rings. The van der Waals surface area contributed by atoms with E-state index in [9.17, 15) is 4.79 Å². The summed E-state index contributed by atoms with van der Waals surface area (Å²) in [5, 5.41) is 3.49. The molecule has 4 rings (SSSR count). The zero-order chi connectivity index (χ0) is 20.1. The number of likely N-dealkylation sites (tertiary alicyclic amines) is 2. The molecule has 1 N–H and O–H groups in total. The topological polar surface area (TPSA) is 47.9 Å². The van der Waals surface area contributed by atoms with Gasteiger partial charge in [-0.1, -0.05) is 25.0 Å². The molecule has 6 heteroatoms. The van der Waals surface area contributed by atoms with E-state index in [-0.39, 0.29) is 29.9 Å². The average Bonchev–Trinajstić information content (AvgIpc) is 3.41. The van der Waals surface area contributed by atoms with E-state index < -0.39 is 0 Å². The van der Waals surface area contributed by atoms with Crippen LogP contribution >= 0.6 is 24.0 Å². The first-order valence-electron chi connectivity index (χ1n) is 11.6. The van der Waals surface area contributed by atoms with Gasteiger partial charge in [0, 0.05) is 38.3 Å². The lowest BCUT2D eigenvalue weighted by Crippen LogP contribution is -2.41. The Bertz CT molecular complexity index is 721. The maximum atomic E-state index is 12.6. The van der Waals surface area contributed by atoms with Gasteiger partial charge in [-0.2, -0.15) is 0 Å².